The standard InChI is InChI=1S/C13H15F3N2O/c1-17-6-8-4-5-18(7-8)13(19)9-2-3-10(14)12(16)11(9)15/h2-3,8,17H,4-7H2,1H3. The van der Waals surface area contributed by atoms with Gasteiger partial charge in [-0.05, 0) is 38.1 Å². The minimum Gasteiger partial charge on any atom is -0.338 e. The van der Waals surface area contributed by atoms with Crippen molar-refractivity contribution < 1.29 is 18.0 Å². The molecular formula is C13H15F3N2O. The Morgan fingerprint density at radius 1 is 1.37 bits per heavy atom. The first-order chi connectivity index (χ1) is 9.04. The normalized spacial score (nSPS) is 18.9. The van der Waals surface area contributed by atoms with Crippen molar-refractivity contribution in [3.05, 3.63) is 35.1 Å². The molecule has 1 unspecified atom stereocenters. The highest BCUT2D eigenvalue weighted by molar-refractivity contribution is 5.94. The number of halogens is 3. The summed E-state index contributed by atoms with van der Waals surface area (Å²) in [5.41, 5.74) is -0.413. The third-order valence-electron chi connectivity index (χ3n) is 3.33. The predicted molar refractivity (Wildman–Crippen MR) is 64.3 cm³/mol. The van der Waals surface area contributed by atoms with Crippen molar-refractivity contribution in [1.82, 2.24) is 10.2 Å². The van der Waals surface area contributed by atoms with Gasteiger partial charge in [-0.1, -0.05) is 0 Å². The first-order valence-electron chi connectivity index (χ1n) is 6.12. The van der Waals surface area contributed by atoms with E-state index in [1.54, 1.807) is 0 Å². The number of likely N-dealkylation sites (tertiary alicyclic amines) is 1. The quantitative estimate of drug-likeness (QED) is 0.851. The average Bonchev–Trinajstić information content (AvgIpc) is 2.85. The summed E-state index contributed by atoms with van der Waals surface area (Å²) >= 11 is 0. The zero-order chi connectivity index (χ0) is 14.0. The number of hydrogen-bond donors (Lipinski definition) is 1. The maximum Gasteiger partial charge on any atom is 0.256 e. The van der Waals surface area contributed by atoms with Gasteiger partial charge in [0.25, 0.3) is 5.91 Å². The number of hydrogen-bond acceptors (Lipinski definition) is 2. The van der Waals surface area contributed by atoms with Crippen LogP contribution >= 0.6 is 0 Å². The molecule has 0 aliphatic carbocycles. The van der Waals surface area contributed by atoms with Crippen LogP contribution in [0.5, 0.6) is 0 Å². The second-order valence-corrected chi connectivity index (χ2v) is 4.69. The Kier molecular flexibility index (Phi) is 4.09. The molecule has 0 radical (unpaired) electrons. The lowest BCUT2D eigenvalue weighted by molar-refractivity contribution is 0.0781. The summed E-state index contributed by atoms with van der Waals surface area (Å²) in [6.45, 7) is 1.77. The van der Waals surface area contributed by atoms with Crippen LogP contribution in [0.2, 0.25) is 0 Å². The lowest BCUT2D eigenvalue weighted by atomic mass is 10.1. The second-order valence-electron chi connectivity index (χ2n) is 4.69. The molecule has 3 nitrogen and oxygen atoms in total. The van der Waals surface area contributed by atoms with Gasteiger partial charge in [-0.25, -0.2) is 13.2 Å². The Morgan fingerprint density at radius 2 is 2.11 bits per heavy atom. The topological polar surface area (TPSA) is 32.3 Å². The highest BCUT2D eigenvalue weighted by Crippen LogP contribution is 2.21. The molecule has 1 saturated heterocycles. The number of rotatable bonds is 3. The molecule has 1 aromatic rings. The Morgan fingerprint density at radius 3 is 2.79 bits per heavy atom. The number of amides is 1. The van der Waals surface area contributed by atoms with Crippen LogP contribution in [0.4, 0.5) is 13.2 Å². The highest BCUT2D eigenvalue weighted by atomic mass is 19.2. The van der Waals surface area contributed by atoms with Gasteiger partial charge in [0, 0.05) is 13.1 Å². The fourth-order valence-corrected chi connectivity index (χ4v) is 2.33. The second kappa shape index (κ2) is 5.61. The van der Waals surface area contributed by atoms with E-state index in [0.717, 1.165) is 25.1 Å². The van der Waals surface area contributed by atoms with E-state index in [2.05, 4.69) is 5.32 Å². The fraction of sp³-hybridized carbons (Fsp3) is 0.462. The monoisotopic (exact) mass is 272 g/mol. The van der Waals surface area contributed by atoms with Crippen LogP contribution in [0.3, 0.4) is 0 Å². The van der Waals surface area contributed by atoms with E-state index in [-0.39, 0.29) is 0 Å². The number of nitrogens with zero attached hydrogens (tertiary/aromatic N) is 1. The van der Waals surface area contributed by atoms with Crippen molar-refractivity contribution >= 4 is 5.91 Å². The van der Waals surface area contributed by atoms with Crippen LogP contribution in [-0.4, -0.2) is 37.5 Å². The molecule has 0 saturated carbocycles. The van der Waals surface area contributed by atoms with E-state index in [0.29, 0.717) is 19.0 Å². The van der Waals surface area contributed by atoms with Crippen molar-refractivity contribution in [2.24, 2.45) is 5.92 Å². The minimum absolute atomic E-state index is 0.308. The number of carbonyl (C=O) groups excluding carboxylic acids is 1. The highest BCUT2D eigenvalue weighted by Gasteiger charge is 2.29. The van der Waals surface area contributed by atoms with Crippen LogP contribution in [0.25, 0.3) is 0 Å². The molecule has 0 aromatic heterocycles. The summed E-state index contributed by atoms with van der Waals surface area (Å²) in [5, 5.41) is 3.02. The van der Waals surface area contributed by atoms with Gasteiger partial charge >= 0.3 is 0 Å². The molecule has 0 spiro atoms. The summed E-state index contributed by atoms with van der Waals surface area (Å²) in [4.78, 5) is 13.5. The van der Waals surface area contributed by atoms with E-state index >= 15 is 0 Å². The van der Waals surface area contributed by atoms with Crippen molar-refractivity contribution in [3.63, 3.8) is 0 Å². The average molecular weight is 272 g/mol. The Bertz CT molecular complexity index is 493. The molecule has 1 aliphatic heterocycles. The Hall–Kier alpha value is -1.56. The molecule has 2 rings (SSSR count). The lowest BCUT2D eigenvalue weighted by Gasteiger charge is -2.17. The summed E-state index contributed by atoms with van der Waals surface area (Å²) in [7, 11) is 1.82. The van der Waals surface area contributed by atoms with Gasteiger partial charge in [0.1, 0.15) is 0 Å². The van der Waals surface area contributed by atoms with Crippen molar-refractivity contribution in [2.75, 3.05) is 26.7 Å². The molecule has 0 bridgehead atoms. The maximum atomic E-state index is 13.5. The molecule has 19 heavy (non-hydrogen) atoms. The maximum absolute atomic E-state index is 13.5. The zero-order valence-corrected chi connectivity index (χ0v) is 10.5. The smallest absolute Gasteiger partial charge is 0.256 e. The third kappa shape index (κ3) is 2.73. The van der Waals surface area contributed by atoms with Crippen LogP contribution in [0.15, 0.2) is 12.1 Å². The molecule has 104 valence electrons. The molecule has 1 aliphatic rings. The summed E-state index contributed by atoms with van der Waals surface area (Å²) in [6.07, 6.45) is 0.817. The molecule has 1 heterocycles. The third-order valence-corrected chi connectivity index (χ3v) is 3.33. The Balaban J connectivity index is 2.15. The van der Waals surface area contributed by atoms with Gasteiger partial charge in [0.05, 0.1) is 5.56 Å². The van der Waals surface area contributed by atoms with Crippen molar-refractivity contribution in [2.45, 2.75) is 6.42 Å². The van der Waals surface area contributed by atoms with Gasteiger partial charge < -0.3 is 10.2 Å². The van der Waals surface area contributed by atoms with E-state index in [1.165, 1.54) is 4.90 Å². The first-order valence-corrected chi connectivity index (χ1v) is 6.12. The van der Waals surface area contributed by atoms with Crippen LogP contribution in [0, 0.1) is 23.4 Å². The molecule has 1 aromatic carbocycles. The Labute approximate surface area is 109 Å². The lowest BCUT2D eigenvalue weighted by Crippen LogP contribution is -2.31. The van der Waals surface area contributed by atoms with Crippen LogP contribution in [0.1, 0.15) is 16.8 Å². The van der Waals surface area contributed by atoms with E-state index < -0.39 is 28.9 Å². The van der Waals surface area contributed by atoms with Crippen LogP contribution < -0.4 is 5.32 Å². The molecular weight excluding hydrogens is 257 g/mol. The molecule has 1 fully saturated rings. The molecule has 6 heteroatoms. The SMILES string of the molecule is CNCC1CCN(C(=O)c2ccc(F)c(F)c2F)C1. The van der Waals surface area contributed by atoms with Gasteiger partial charge in [0.2, 0.25) is 0 Å². The largest absolute Gasteiger partial charge is 0.338 e. The molecule has 1 atom stereocenters. The van der Waals surface area contributed by atoms with Gasteiger partial charge in [-0.3, -0.25) is 4.79 Å². The van der Waals surface area contributed by atoms with Crippen molar-refractivity contribution in [3.8, 4) is 0 Å². The summed E-state index contributed by atoms with van der Waals surface area (Å²) < 4.78 is 39.5. The number of nitrogens with one attached hydrogen (secondary N) is 1. The fourth-order valence-electron chi connectivity index (χ4n) is 2.33. The van der Waals surface area contributed by atoms with E-state index in [4.69, 9.17) is 0 Å². The first kappa shape index (κ1) is 13.9. The predicted octanol–water partition coefficient (Wildman–Crippen LogP) is 1.79. The summed E-state index contributed by atoms with van der Waals surface area (Å²) in [6, 6.07) is 1.76. The number of carbonyl (C=O) groups is 1. The van der Waals surface area contributed by atoms with Gasteiger partial charge in [0.15, 0.2) is 17.5 Å². The molecule has 1 amide bonds. The molecule has 1 N–H and O–H groups in total. The minimum atomic E-state index is -1.60. The van der Waals surface area contributed by atoms with E-state index in [9.17, 15) is 18.0 Å². The van der Waals surface area contributed by atoms with Gasteiger partial charge in [-0.2, -0.15) is 0 Å². The van der Waals surface area contributed by atoms with Crippen LogP contribution in [-0.2, 0) is 0 Å². The van der Waals surface area contributed by atoms with E-state index in [1.807, 2.05) is 7.05 Å². The number of benzene rings is 1. The van der Waals surface area contributed by atoms with Crippen molar-refractivity contribution in [1.29, 1.82) is 0 Å². The van der Waals surface area contributed by atoms with Gasteiger partial charge in [-0.15, -0.1) is 0 Å². The zero-order valence-electron chi connectivity index (χ0n) is 10.5. The summed E-state index contributed by atoms with van der Waals surface area (Å²) in [5.74, 6) is -4.58.